The van der Waals surface area contributed by atoms with Crippen molar-refractivity contribution in [3.8, 4) is 28.5 Å². The summed E-state index contributed by atoms with van der Waals surface area (Å²) in [5.41, 5.74) is 2.03. The van der Waals surface area contributed by atoms with Crippen LogP contribution in [0.25, 0.3) is 11.3 Å². The SMILES string of the molecule is Cc1sc(NS(=O)(=O)c2ccc3c(c2)OCO3)nc1-c1ccc2c(c1)N(C)C(=O)CO2. The monoisotopic (exact) mass is 459 g/mol. The summed E-state index contributed by atoms with van der Waals surface area (Å²) < 4.78 is 44.1. The molecule has 3 aromatic rings. The Morgan fingerprint density at radius 3 is 2.68 bits per heavy atom. The molecular weight excluding hydrogens is 442 g/mol. The number of likely N-dealkylation sites (N-methyl/N-ethyl adjacent to an activating group) is 1. The smallest absolute Gasteiger partial charge is 0.264 e. The zero-order valence-corrected chi connectivity index (χ0v) is 18.2. The summed E-state index contributed by atoms with van der Waals surface area (Å²) in [6.45, 7) is 1.93. The Balaban J connectivity index is 1.44. The van der Waals surface area contributed by atoms with Crippen LogP contribution < -0.4 is 23.8 Å². The van der Waals surface area contributed by atoms with Crippen molar-refractivity contribution in [1.29, 1.82) is 0 Å². The molecule has 0 unspecified atom stereocenters. The molecule has 1 aromatic heterocycles. The van der Waals surface area contributed by atoms with Gasteiger partial charge in [0, 0.05) is 23.6 Å². The van der Waals surface area contributed by atoms with Gasteiger partial charge in [-0.1, -0.05) is 0 Å². The van der Waals surface area contributed by atoms with Gasteiger partial charge in [0.05, 0.1) is 16.3 Å². The lowest BCUT2D eigenvalue weighted by molar-refractivity contribution is -0.120. The summed E-state index contributed by atoms with van der Waals surface area (Å²) in [5, 5.41) is 0.239. The van der Waals surface area contributed by atoms with E-state index in [1.807, 2.05) is 19.1 Å². The quantitative estimate of drug-likeness (QED) is 0.639. The molecule has 5 rings (SSSR count). The van der Waals surface area contributed by atoms with E-state index >= 15 is 0 Å². The third-order valence-corrected chi connectivity index (χ3v) is 7.34. The van der Waals surface area contributed by atoms with E-state index < -0.39 is 10.0 Å². The van der Waals surface area contributed by atoms with Gasteiger partial charge in [-0.05, 0) is 37.3 Å². The third-order valence-electron chi connectivity index (χ3n) is 4.99. The second kappa shape index (κ2) is 7.13. The fourth-order valence-corrected chi connectivity index (χ4v) is 5.43. The van der Waals surface area contributed by atoms with Gasteiger partial charge in [0.25, 0.3) is 15.9 Å². The van der Waals surface area contributed by atoms with Gasteiger partial charge >= 0.3 is 0 Å². The fourth-order valence-electron chi connectivity index (χ4n) is 3.35. The first-order valence-corrected chi connectivity index (χ1v) is 11.6. The second-order valence-corrected chi connectivity index (χ2v) is 9.85. The summed E-state index contributed by atoms with van der Waals surface area (Å²) in [6.07, 6.45) is 0. The first-order chi connectivity index (χ1) is 14.8. The van der Waals surface area contributed by atoms with E-state index in [-0.39, 0.29) is 29.3 Å². The van der Waals surface area contributed by atoms with Gasteiger partial charge in [-0.15, -0.1) is 11.3 Å². The summed E-state index contributed by atoms with van der Waals surface area (Å²) >= 11 is 1.23. The minimum atomic E-state index is -3.86. The molecule has 0 fully saturated rings. The number of hydrogen-bond donors (Lipinski definition) is 1. The Morgan fingerprint density at radius 1 is 1.06 bits per heavy atom. The van der Waals surface area contributed by atoms with Gasteiger partial charge in [0.15, 0.2) is 23.2 Å². The molecule has 2 aliphatic heterocycles. The molecule has 1 N–H and O–H groups in total. The van der Waals surface area contributed by atoms with E-state index in [1.165, 1.54) is 28.4 Å². The molecule has 9 nitrogen and oxygen atoms in total. The molecule has 31 heavy (non-hydrogen) atoms. The highest BCUT2D eigenvalue weighted by molar-refractivity contribution is 7.93. The van der Waals surface area contributed by atoms with Crippen LogP contribution in [0, 0.1) is 6.92 Å². The van der Waals surface area contributed by atoms with Crippen molar-refractivity contribution >= 4 is 38.1 Å². The van der Waals surface area contributed by atoms with Crippen molar-refractivity contribution in [2.45, 2.75) is 11.8 Å². The fraction of sp³-hybridized carbons (Fsp3) is 0.200. The van der Waals surface area contributed by atoms with Crippen LogP contribution >= 0.6 is 11.3 Å². The van der Waals surface area contributed by atoms with E-state index in [9.17, 15) is 13.2 Å². The zero-order chi connectivity index (χ0) is 21.8. The Labute approximate surface area is 182 Å². The number of aryl methyl sites for hydroxylation is 1. The lowest BCUT2D eigenvalue weighted by Crippen LogP contribution is -2.35. The van der Waals surface area contributed by atoms with Crippen LogP contribution in [0.15, 0.2) is 41.3 Å². The van der Waals surface area contributed by atoms with E-state index in [1.54, 1.807) is 19.2 Å². The average molecular weight is 460 g/mol. The molecule has 2 aliphatic rings. The molecule has 0 aliphatic carbocycles. The van der Waals surface area contributed by atoms with E-state index in [2.05, 4.69) is 9.71 Å². The third kappa shape index (κ3) is 3.45. The number of fused-ring (bicyclic) bond motifs is 2. The standard InChI is InChI=1S/C20H17N3O6S2/c1-11-19(12-3-5-15-14(7-12)23(2)18(24)9-27-15)21-20(30-11)22-31(25,26)13-4-6-16-17(8-13)29-10-28-16/h3-8H,9-10H2,1-2H3,(H,21,22). The molecule has 11 heteroatoms. The molecule has 0 atom stereocenters. The Kier molecular flexibility index (Phi) is 4.52. The maximum Gasteiger partial charge on any atom is 0.264 e. The van der Waals surface area contributed by atoms with Gasteiger partial charge < -0.3 is 19.1 Å². The lowest BCUT2D eigenvalue weighted by atomic mass is 10.1. The predicted octanol–water partition coefficient (Wildman–Crippen LogP) is 3.00. The second-order valence-electron chi connectivity index (χ2n) is 6.97. The normalized spacial score (nSPS) is 14.9. The predicted molar refractivity (Wildman–Crippen MR) is 115 cm³/mol. The molecular formula is C20H17N3O6S2. The Morgan fingerprint density at radius 2 is 1.84 bits per heavy atom. The van der Waals surface area contributed by atoms with Crippen molar-refractivity contribution in [3.05, 3.63) is 41.3 Å². The van der Waals surface area contributed by atoms with Crippen LogP contribution in [-0.2, 0) is 14.8 Å². The highest BCUT2D eigenvalue weighted by Crippen LogP contribution is 2.39. The molecule has 0 saturated heterocycles. The van der Waals surface area contributed by atoms with Gasteiger partial charge in [0.1, 0.15) is 5.75 Å². The number of hydrogen-bond acceptors (Lipinski definition) is 8. The number of benzene rings is 2. The Bertz CT molecular complexity index is 1320. The Hall–Kier alpha value is -3.31. The van der Waals surface area contributed by atoms with Crippen LogP contribution in [0.5, 0.6) is 17.2 Å². The molecule has 0 spiro atoms. The van der Waals surface area contributed by atoms with Gasteiger partial charge in [-0.3, -0.25) is 9.52 Å². The number of amides is 1. The highest BCUT2D eigenvalue weighted by Gasteiger charge is 2.25. The van der Waals surface area contributed by atoms with Crippen LogP contribution in [0.2, 0.25) is 0 Å². The van der Waals surface area contributed by atoms with E-state index in [4.69, 9.17) is 14.2 Å². The molecule has 0 saturated carbocycles. The van der Waals surface area contributed by atoms with E-state index in [0.29, 0.717) is 28.6 Å². The summed E-state index contributed by atoms with van der Waals surface area (Å²) in [6, 6.07) is 9.85. The topological polar surface area (TPSA) is 107 Å². The number of carbonyl (C=O) groups is 1. The molecule has 1 amide bonds. The van der Waals surface area contributed by atoms with Gasteiger partial charge in [0.2, 0.25) is 6.79 Å². The number of anilines is 2. The van der Waals surface area contributed by atoms with Crippen LogP contribution in [-0.4, -0.2) is 39.8 Å². The van der Waals surface area contributed by atoms with Crippen LogP contribution in [0.3, 0.4) is 0 Å². The first-order valence-electron chi connectivity index (χ1n) is 9.25. The van der Waals surface area contributed by atoms with Crippen molar-refractivity contribution in [1.82, 2.24) is 4.98 Å². The summed E-state index contributed by atoms with van der Waals surface area (Å²) in [4.78, 5) is 18.8. The first kappa shape index (κ1) is 19.6. The largest absolute Gasteiger partial charge is 0.482 e. The number of rotatable bonds is 4. The number of aromatic nitrogens is 1. The molecule has 0 bridgehead atoms. The average Bonchev–Trinajstić information content (AvgIpc) is 3.36. The minimum Gasteiger partial charge on any atom is -0.482 e. The van der Waals surface area contributed by atoms with Crippen molar-refractivity contribution in [3.63, 3.8) is 0 Å². The molecule has 0 radical (unpaired) electrons. The number of ether oxygens (including phenoxy) is 3. The minimum absolute atomic E-state index is 0.00433. The molecule has 2 aromatic carbocycles. The summed E-state index contributed by atoms with van der Waals surface area (Å²) in [5.74, 6) is 1.36. The van der Waals surface area contributed by atoms with Crippen molar-refractivity contribution in [2.24, 2.45) is 0 Å². The van der Waals surface area contributed by atoms with E-state index in [0.717, 1.165) is 10.4 Å². The molecule has 160 valence electrons. The molecule has 3 heterocycles. The number of sulfonamides is 1. The van der Waals surface area contributed by atoms with Crippen molar-refractivity contribution in [2.75, 3.05) is 30.1 Å². The number of nitrogens with zero attached hydrogens (tertiary/aromatic N) is 2. The number of carbonyl (C=O) groups excluding carboxylic acids is 1. The zero-order valence-electron chi connectivity index (χ0n) is 16.5. The highest BCUT2D eigenvalue weighted by atomic mass is 32.2. The van der Waals surface area contributed by atoms with Crippen molar-refractivity contribution < 1.29 is 27.4 Å². The summed E-state index contributed by atoms with van der Waals surface area (Å²) in [7, 11) is -2.17. The number of thiazole rings is 1. The maximum absolute atomic E-state index is 12.8. The van der Waals surface area contributed by atoms with Gasteiger partial charge in [-0.25, -0.2) is 13.4 Å². The van der Waals surface area contributed by atoms with Gasteiger partial charge in [-0.2, -0.15) is 0 Å². The van der Waals surface area contributed by atoms with Crippen LogP contribution in [0.1, 0.15) is 4.88 Å². The maximum atomic E-state index is 12.8. The van der Waals surface area contributed by atoms with Crippen LogP contribution in [0.4, 0.5) is 10.8 Å². The lowest BCUT2D eigenvalue weighted by Gasteiger charge is -2.26. The number of nitrogens with one attached hydrogen (secondary N) is 1.